The smallest absolute Gasteiger partial charge is 0.0359 e. The number of rotatable bonds is 3. The van der Waals surface area contributed by atoms with Gasteiger partial charge in [0.25, 0.3) is 0 Å². The maximum absolute atomic E-state index is 6.03. The van der Waals surface area contributed by atoms with Gasteiger partial charge in [0.15, 0.2) is 0 Å². The minimum Gasteiger partial charge on any atom is -0.398 e. The van der Waals surface area contributed by atoms with E-state index in [0.717, 1.165) is 41.9 Å². The number of nitrogen functional groups attached to an aromatic ring is 1. The molecule has 3 N–H and O–H groups in total. The number of para-hydroxylation sites is 1. The molecule has 0 aromatic heterocycles. The van der Waals surface area contributed by atoms with Gasteiger partial charge < -0.3 is 11.1 Å². The maximum Gasteiger partial charge on any atom is 0.0359 e. The zero-order valence-corrected chi connectivity index (χ0v) is 11.5. The summed E-state index contributed by atoms with van der Waals surface area (Å²) in [5.41, 5.74) is 8.21. The third kappa shape index (κ3) is 1.88. The lowest BCUT2D eigenvalue weighted by atomic mass is 9.79. The van der Waals surface area contributed by atoms with E-state index in [2.05, 4.69) is 17.4 Å². The van der Waals surface area contributed by atoms with Crippen LogP contribution in [0.2, 0.25) is 0 Å². The van der Waals surface area contributed by atoms with E-state index in [1.165, 1.54) is 37.7 Å². The molecule has 102 valence electrons. The highest BCUT2D eigenvalue weighted by Crippen LogP contribution is 2.58. The van der Waals surface area contributed by atoms with Crippen molar-refractivity contribution < 1.29 is 0 Å². The average molecular weight is 256 g/mol. The molecular weight excluding hydrogens is 232 g/mol. The molecule has 0 heterocycles. The first-order valence-electron chi connectivity index (χ1n) is 7.89. The van der Waals surface area contributed by atoms with E-state index in [1.54, 1.807) is 0 Å². The molecule has 3 aliphatic rings. The highest BCUT2D eigenvalue weighted by molar-refractivity contribution is 5.46. The fourth-order valence-corrected chi connectivity index (χ4v) is 5.24. The quantitative estimate of drug-likeness (QED) is 0.815. The molecule has 0 radical (unpaired) electrons. The molecule has 0 spiro atoms. The predicted molar refractivity (Wildman–Crippen MR) is 78.5 cm³/mol. The van der Waals surface area contributed by atoms with E-state index in [0.29, 0.717) is 0 Å². The van der Waals surface area contributed by atoms with Crippen LogP contribution in [-0.4, -0.2) is 6.04 Å². The first-order valence-corrected chi connectivity index (χ1v) is 7.89. The monoisotopic (exact) mass is 256 g/mol. The summed E-state index contributed by atoms with van der Waals surface area (Å²) in [5, 5.41) is 3.80. The van der Waals surface area contributed by atoms with Gasteiger partial charge in [-0.1, -0.05) is 24.6 Å². The zero-order chi connectivity index (χ0) is 12.8. The summed E-state index contributed by atoms with van der Waals surface area (Å²) in [4.78, 5) is 0. The molecule has 4 rings (SSSR count). The number of hydrogen-bond donors (Lipinski definition) is 2. The molecule has 5 unspecified atom stereocenters. The van der Waals surface area contributed by atoms with Gasteiger partial charge in [0, 0.05) is 18.3 Å². The Balaban J connectivity index is 1.41. The normalized spacial score (nSPS) is 39.7. The van der Waals surface area contributed by atoms with Crippen LogP contribution in [0.4, 0.5) is 5.69 Å². The Morgan fingerprint density at radius 2 is 1.89 bits per heavy atom. The summed E-state index contributed by atoms with van der Waals surface area (Å²) in [5.74, 6) is 4.12. The summed E-state index contributed by atoms with van der Waals surface area (Å²) >= 11 is 0. The van der Waals surface area contributed by atoms with Gasteiger partial charge in [-0.3, -0.25) is 0 Å². The zero-order valence-electron chi connectivity index (χ0n) is 11.5. The van der Waals surface area contributed by atoms with Crippen molar-refractivity contribution in [2.75, 3.05) is 5.73 Å². The Morgan fingerprint density at radius 3 is 2.79 bits per heavy atom. The Kier molecular flexibility index (Phi) is 2.80. The topological polar surface area (TPSA) is 38.0 Å². The van der Waals surface area contributed by atoms with E-state index >= 15 is 0 Å². The maximum atomic E-state index is 6.03. The highest BCUT2D eigenvalue weighted by Gasteiger charge is 2.53. The number of hydrogen-bond acceptors (Lipinski definition) is 2. The van der Waals surface area contributed by atoms with Gasteiger partial charge in [0.05, 0.1) is 0 Å². The van der Waals surface area contributed by atoms with Gasteiger partial charge >= 0.3 is 0 Å². The SMILES string of the molecule is Nc1ccccc1CNC1CC2CC1C1CCCC21. The summed E-state index contributed by atoms with van der Waals surface area (Å²) in [7, 11) is 0. The molecular formula is C17H24N2. The second-order valence-corrected chi connectivity index (χ2v) is 6.84. The summed E-state index contributed by atoms with van der Waals surface area (Å²) in [6, 6.07) is 9.00. The van der Waals surface area contributed by atoms with E-state index < -0.39 is 0 Å². The summed E-state index contributed by atoms with van der Waals surface area (Å²) in [6.45, 7) is 0.942. The van der Waals surface area contributed by atoms with Crippen molar-refractivity contribution >= 4 is 5.69 Å². The second kappa shape index (κ2) is 4.52. The van der Waals surface area contributed by atoms with Crippen LogP contribution in [0, 0.1) is 23.7 Å². The fraction of sp³-hybridized carbons (Fsp3) is 0.647. The van der Waals surface area contributed by atoms with Gasteiger partial charge in [-0.05, 0) is 61.0 Å². The molecule has 0 saturated heterocycles. The van der Waals surface area contributed by atoms with E-state index in [1.807, 2.05) is 12.1 Å². The standard InChI is InChI=1S/C17H24N2/c18-16-7-2-1-4-11(16)10-19-17-9-12-8-15(17)14-6-3-5-13(12)14/h1-2,4,7,12-15,17,19H,3,5-6,8-10,18H2. The molecule has 3 fully saturated rings. The molecule has 19 heavy (non-hydrogen) atoms. The van der Waals surface area contributed by atoms with Crippen LogP contribution in [0.1, 0.15) is 37.7 Å². The van der Waals surface area contributed by atoms with Gasteiger partial charge in [-0.2, -0.15) is 0 Å². The molecule has 0 amide bonds. The minimum absolute atomic E-state index is 0.754. The van der Waals surface area contributed by atoms with Crippen LogP contribution in [0.25, 0.3) is 0 Å². The number of nitrogens with two attached hydrogens (primary N) is 1. The van der Waals surface area contributed by atoms with Crippen molar-refractivity contribution in [3.05, 3.63) is 29.8 Å². The first kappa shape index (κ1) is 11.8. The van der Waals surface area contributed by atoms with Gasteiger partial charge in [0.1, 0.15) is 0 Å². The van der Waals surface area contributed by atoms with Crippen molar-refractivity contribution in [1.29, 1.82) is 0 Å². The van der Waals surface area contributed by atoms with Crippen LogP contribution in [-0.2, 0) is 6.54 Å². The third-order valence-corrected chi connectivity index (χ3v) is 6.04. The summed E-state index contributed by atoms with van der Waals surface area (Å²) < 4.78 is 0. The molecule has 1 aromatic carbocycles. The van der Waals surface area contributed by atoms with Crippen LogP contribution < -0.4 is 11.1 Å². The molecule has 3 saturated carbocycles. The Hall–Kier alpha value is -1.02. The van der Waals surface area contributed by atoms with E-state index in [-0.39, 0.29) is 0 Å². The van der Waals surface area contributed by atoms with Crippen molar-refractivity contribution in [1.82, 2.24) is 5.32 Å². The fourth-order valence-electron chi connectivity index (χ4n) is 5.24. The molecule has 3 aliphatic carbocycles. The first-order chi connectivity index (χ1) is 9.33. The van der Waals surface area contributed by atoms with E-state index in [9.17, 15) is 0 Å². The van der Waals surface area contributed by atoms with Gasteiger partial charge in [-0.25, -0.2) is 0 Å². The Labute approximate surface area is 115 Å². The Morgan fingerprint density at radius 1 is 1.05 bits per heavy atom. The van der Waals surface area contributed by atoms with Crippen LogP contribution in [0.5, 0.6) is 0 Å². The van der Waals surface area contributed by atoms with Crippen molar-refractivity contribution in [3.63, 3.8) is 0 Å². The molecule has 0 aliphatic heterocycles. The van der Waals surface area contributed by atoms with Crippen LogP contribution in [0.3, 0.4) is 0 Å². The van der Waals surface area contributed by atoms with Crippen molar-refractivity contribution in [2.24, 2.45) is 23.7 Å². The number of anilines is 1. The third-order valence-electron chi connectivity index (χ3n) is 6.04. The molecule has 2 nitrogen and oxygen atoms in total. The van der Waals surface area contributed by atoms with E-state index in [4.69, 9.17) is 5.73 Å². The number of benzene rings is 1. The predicted octanol–water partition coefficient (Wildman–Crippen LogP) is 3.18. The average Bonchev–Trinajstić information content (AvgIpc) is 3.10. The molecule has 2 heteroatoms. The Bertz CT molecular complexity index is 470. The molecule has 1 aromatic rings. The van der Waals surface area contributed by atoms with Gasteiger partial charge in [0.2, 0.25) is 0 Å². The lowest BCUT2D eigenvalue weighted by Crippen LogP contribution is -2.39. The van der Waals surface area contributed by atoms with Crippen LogP contribution >= 0.6 is 0 Å². The van der Waals surface area contributed by atoms with Crippen molar-refractivity contribution in [2.45, 2.75) is 44.7 Å². The van der Waals surface area contributed by atoms with Crippen LogP contribution in [0.15, 0.2) is 24.3 Å². The second-order valence-electron chi connectivity index (χ2n) is 6.84. The lowest BCUT2D eigenvalue weighted by molar-refractivity contribution is 0.208. The summed E-state index contributed by atoms with van der Waals surface area (Å²) in [6.07, 6.45) is 7.41. The molecule has 2 bridgehead atoms. The highest BCUT2D eigenvalue weighted by atomic mass is 14.9. The van der Waals surface area contributed by atoms with Gasteiger partial charge in [-0.15, -0.1) is 0 Å². The minimum atomic E-state index is 0.754. The number of fused-ring (bicyclic) bond motifs is 5. The lowest BCUT2D eigenvalue weighted by Gasteiger charge is -2.32. The van der Waals surface area contributed by atoms with Crippen molar-refractivity contribution in [3.8, 4) is 0 Å². The largest absolute Gasteiger partial charge is 0.398 e. The molecule has 5 atom stereocenters. The number of nitrogens with one attached hydrogen (secondary N) is 1.